The number of pyridine rings is 1. The van der Waals surface area contributed by atoms with Gasteiger partial charge in [-0.2, -0.15) is 0 Å². The van der Waals surface area contributed by atoms with Crippen LogP contribution >= 0.6 is 0 Å². The lowest BCUT2D eigenvalue weighted by Gasteiger charge is -2.16. The largest absolute Gasteiger partial charge is 0.491 e. The first kappa shape index (κ1) is 10.5. The fraction of sp³-hybridized carbons (Fsp3) is 0.615. The molecule has 0 radical (unpaired) electrons. The van der Waals surface area contributed by atoms with E-state index in [4.69, 9.17) is 4.74 Å². The maximum Gasteiger partial charge on any atom is 0.144 e. The molecule has 0 fully saturated rings. The van der Waals surface area contributed by atoms with Crippen LogP contribution < -0.4 is 4.74 Å². The molecule has 0 saturated carbocycles. The number of aromatic nitrogens is 1. The van der Waals surface area contributed by atoms with E-state index in [1.807, 2.05) is 0 Å². The number of nitrogens with zero attached hydrogens (tertiary/aromatic N) is 1. The summed E-state index contributed by atoms with van der Waals surface area (Å²) >= 11 is 0. The molecule has 0 amide bonds. The first-order valence-corrected chi connectivity index (χ1v) is 5.80. The summed E-state index contributed by atoms with van der Waals surface area (Å²) in [5, 5.41) is 0. The van der Waals surface area contributed by atoms with E-state index < -0.39 is 0 Å². The molecule has 0 saturated heterocycles. The van der Waals surface area contributed by atoms with Crippen molar-refractivity contribution in [1.29, 1.82) is 0 Å². The van der Waals surface area contributed by atoms with Crippen molar-refractivity contribution in [3.63, 3.8) is 0 Å². The van der Waals surface area contributed by atoms with Crippen molar-refractivity contribution in [1.82, 2.24) is 4.98 Å². The molecule has 15 heavy (non-hydrogen) atoms. The lowest BCUT2D eigenvalue weighted by Crippen LogP contribution is -2.03. The Bertz CT molecular complexity index is 382. The van der Waals surface area contributed by atoms with E-state index in [0.29, 0.717) is 5.92 Å². The molecule has 0 unspecified atom stereocenters. The first-order valence-electron chi connectivity index (χ1n) is 5.80. The molecule has 2 nitrogen and oxygen atoms in total. The summed E-state index contributed by atoms with van der Waals surface area (Å²) in [7, 11) is 0. The molecule has 0 aromatic carbocycles. The zero-order chi connectivity index (χ0) is 11.0. The van der Waals surface area contributed by atoms with E-state index in [0.717, 1.165) is 25.2 Å². The molecule has 1 aliphatic heterocycles. The Morgan fingerprint density at radius 3 is 2.73 bits per heavy atom. The Morgan fingerprint density at radius 2 is 2.13 bits per heavy atom. The summed E-state index contributed by atoms with van der Waals surface area (Å²) < 4.78 is 5.71. The van der Waals surface area contributed by atoms with Gasteiger partial charge in [-0.05, 0) is 24.8 Å². The number of aryl methyl sites for hydroxylation is 1. The number of rotatable bonds is 2. The third-order valence-corrected chi connectivity index (χ3v) is 3.11. The van der Waals surface area contributed by atoms with Crippen molar-refractivity contribution >= 4 is 0 Å². The average molecular weight is 205 g/mol. The zero-order valence-electron chi connectivity index (χ0n) is 10.1. The van der Waals surface area contributed by atoms with Gasteiger partial charge in [0.05, 0.1) is 12.3 Å². The summed E-state index contributed by atoms with van der Waals surface area (Å²) in [5.41, 5.74) is 5.10. The van der Waals surface area contributed by atoms with Crippen LogP contribution in [0.2, 0.25) is 0 Å². The molecule has 0 aliphatic carbocycles. The van der Waals surface area contributed by atoms with Gasteiger partial charge in [-0.15, -0.1) is 0 Å². The van der Waals surface area contributed by atoms with Gasteiger partial charge in [-0.3, -0.25) is 4.98 Å². The minimum atomic E-state index is 0.519. The maximum absolute atomic E-state index is 5.71. The van der Waals surface area contributed by atoms with Crippen molar-refractivity contribution in [2.24, 2.45) is 0 Å². The van der Waals surface area contributed by atoms with E-state index >= 15 is 0 Å². The molecule has 0 N–H and O–H groups in total. The molecule has 1 aromatic rings. The fourth-order valence-corrected chi connectivity index (χ4v) is 2.40. The number of ether oxygens (including phenoxy) is 1. The predicted octanol–water partition coefficient (Wildman–Crippen LogP) is 3.01. The average Bonchev–Trinajstić information content (AvgIpc) is 2.63. The lowest BCUT2D eigenvalue weighted by molar-refractivity contribution is 0.351. The molecule has 1 aliphatic rings. The second-order valence-electron chi connectivity index (χ2n) is 4.48. The third kappa shape index (κ3) is 1.62. The van der Waals surface area contributed by atoms with Gasteiger partial charge in [-0.1, -0.05) is 20.8 Å². The normalized spacial score (nSPS) is 14.2. The molecule has 82 valence electrons. The van der Waals surface area contributed by atoms with Crippen LogP contribution in [0.4, 0.5) is 0 Å². The van der Waals surface area contributed by atoms with Crippen LogP contribution in [0, 0.1) is 6.92 Å². The van der Waals surface area contributed by atoms with Gasteiger partial charge in [0.1, 0.15) is 5.75 Å². The summed E-state index contributed by atoms with van der Waals surface area (Å²) in [6, 6.07) is 0. The van der Waals surface area contributed by atoms with Gasteiger partial charge in [0.15, 0.2) is 0 Å². The van der Waals surface area contributed by atoms with Gasteiger partial charge in [0, 0.05) is 17.7 Å². The van der Waals surface area contributed by atoms with Crippen LogP contribution in [0.25, 0.3) is 0 Å². The number of hydrogen-bond donors (Lipinski definition) is 0. The Hall–Kier alpha value is -1.05. The van der Waals surface area contributed by atoms with Crippen molar-refractivity contribution in [3.8, 4) is 5.75 Å². The van der Waals surface area contributed by atoms with E-state index in [9.17, 15) is 0 Å². The molecular formula is C13H19NO. The summed E-state index contributed by atoms with van der Waals surface area (Å²) in [4.78, 5) is 4.69. The third-order valence-electron chi connectivity index (χ3n) is 3.11. The van der Waals surface area contributed by atoms with E-state index in [1.54, 1.807) is 0 Å². The minimum absolute atomic E-state index is 0.519. The predicted molar refractivity (Wildman–Crippen MR) is 61.6 cm³/mol. The van der Waals surface area contributed by atoms with Gasteiger partial charge in [-0.25, -0.2) is 0 Å². The molecule has 0 atom stereocenters. The zero-order valence-corrected chi connectivity index (χ0v) is 10.1. The van der Waals surface area contributed by atoms with Gasteiger partial charge in [0.2, 0.25) is 0 Å². The monoisotopic (exact) mass is 205 g/mol. The van der Waals surface area contributed by atoms with E-state index in [2.05, 4.69) is 32.7 Å². The van der Waals surface area contributed by atoms with Gasteiger partial charge in [0.25, 0.3) is 0 Å². The van der Waals surface area contributed by atoms with E-state index in [1.165, 1.54) is 22.5 Å². The van der Waals surface area contributed by atoms with Crippen LogP contribution in [0.15, 0.2) is 0 Å². The number of fused-ring (bicyclic) bond motifs is 1. The second kappa shape index (κ2) is 3.84. The van der Waals surface area contributed by atoms with Crippen LogP contribution in [-0.4, -0.2) is 11.6 Å². The number of hydrogen-bond acceptors (Lipinski definition) is 2. The molecule has 0 bridgehead atoms. The smallest absolute Gasteiger partial charge is 0.144 e. The Labute approximate surface area is 91.7 Å². The summed E-state index contributed by atoms with van der Waals surface area (Å²) in [6.07, 6.45) is 1.99. The maximum atomic E-state index is 5.71. The van der Waals surface area contributed by atoms with Crippen LogP contribution in [-0.2, 0) is 12.8 Å². The SMILES string of the molecule is CCc1nc2c(c(C(C)C)c1C)OCC2. The molecule has 2 rings (SSSR count). The lowest BCUT2D eigenvalue weighted by atomic mass is 9.94. The quantitative estimate of drug-likeness (QED) is 0.740. The van der Waals surface area contributed by atoms with Crippen LogP contribution in [0.5, 0.6) is 5.75 Å². The van der Waals surface area contributed by atoms with E-state index in [-0.39, 0.29) is 0 Å². The Kier molecular flexibility index (Phi) is 2.68. The Balaban J connectivity index is 2.64. The Morgan fingerprint density at radius 1 is 1.40 bits per heavy atom. The van der Waals surface area contributed by atoms with Crippen LogP contribution in [0.3, 0.4) is 0 Å². The second-order valence-corrected chi connectivity index (χ2v) is 4.48. The highest BCUT2D eigenvalue weighted by Gasteiger charge is 2.23. The van der Waals surface area contributed by atoms with Crippen molar-refractivity contribution < 1.29 is 4.74 Å². The van der Waals surface area contributed by atoms with Crippen molar-refractivity contribution in [2.75, 3.05) is 6.61 Å². The molecule has 2 heterocycles. The highest BCUT2D eigenvalue weighted by atomic mass is 16.5. The molecule has 0 spiro atoms. The topological polar surface area (TPSA) is 22.1 Å². The fourth-order valence-electron chi connectivity index (χ4n) is 2.40. The van der Waals surface area contributed by atoms with Gasteiger partial charge >= 0.3 is 0 Å². The standard InChI is InChI=1S/C13H19NO/c1-5-10-9(4)12(8(2)3)13-11(14-10)6-7-15-13/h8H,5-7H2,1-4H3. The molecular weight excluding hydrogens is 186 g/mol. The molecule has 1 aromatic heterocycles. The summed E-state index contributed by atoms with van der Waals surface area (Å²) in [6.45, 7) is 9.59. The van der Waals surface area contributed by atoms with Crippen molar-refractivity contribution in [2.45, 2.75) is 46.5 Å². The van der Waals surface area contributed by atoms with Gasteiger partial charge < -0.3 is 4.74 Å². The minimum Gasteiger partial charge on any atom is -0.491 e. The highest BCUT2D eigenvalue weighted by molar-refractivity contribution is 5.48. The molecule has 2 heteroatoms. The van der Waals surface area contributed by atoms with Crippen LogP contribution in [0.1, 0.15) is 49.2 Å². The first-order chi connectivity index (χ1) is 7.15. The summed E-state index contributed by atoms with van der Waals surface area (Å²) in [5.74, 6) is 1.59. The highest BCUT2D eigenvalue weighted by Crippen LogP contribution is 2.36. The van der Waals surface area contributed by atoms with Crippen molar-refractivity contribution in [3.05, 3.63) is 22.5 Å².